The van der Waals surface area contributed by atoms with Gasteiger partial charge in [0.25, 0.3) is 5.89 Å². The Morgan fingerprint density at radius 3 is 2.84 bits per heavy atom. The molecule has 0 amide bonds. The van der Waals surface area contributed by atoms with E-state index in [4.69, 9.17) is 9.26 Å². The lowest BCUT2D eigenvalue weighted by Gasteiger charge is -2.31. The van der Waals surface area contributed by atoms with Gasteiger partial charge in [-0.3, -0.25) is 4.90 Å². The summed E-state index contributed by atoms with van der Waals surface area (Å²) in [7, 11) is 0. The van der Waals surface area contributed by atoms with Crippen LogP contribution < -0.4 is 0 Å². The van der Waals surface area contributed by atoms with Crippen LogP contribution in [0.4, 0.5) is 4.39 Å². The molecule has 1 aromatic heterocycles. The second-order valence-electron chi connectivity index (χ2n) is 6.05. The molecule has 25 heavy (non-hydrogen) atoms. The smallest absolute Gasteiger partial charge is 0.257 e. The van der Waals surface area contributed by atoms with Crippen LogP contribution in [0.5, 0.6) is 0 Å². The van der Waals surface area contributed by atoms with Gasteiger partial charge < -0.3 is 9.26 Å². The summed E-state index contributed by atoms with van der Waals surface area (Å²) in [4.78, 5) is 6.67. The molecular formula is C19H18FN3O2. The van der Waals surface area contributed by atoms with E-state index < -0.39 is 0 Å². The SMILES string of the molecule is Fc1cccc(CN2CCO[C@H](c3nc(-c4ccccc4)no3)C2)c1. The molecule has 0 bridgehead atoms. The van der Waals surface area contributed by atoms with E-state index in [-0.39, 0.29) is 11.9 Å². The van der Waals surface area contributed by atoms with E-state index in [0.29, 0.717) is 31.4 Å². The molecule has 1 aliphatic rings. The van der Waals surface area contributed by atoms with Crippen LogP contribution in [0.15, 0.2) is 59.1 Å². The van der Waals surface area contributed by atoms with Gasteiger partial charge in [0.05, 0.1) is 6.61 Å². The predicted octanol–water partition coefficient (Wildman–Crippen LogP) is 3.45. The highest BCUT2D eigenvalue weighted by molar-refractivity contribution is 5.53. The Morgan fingerprint density at radius 1 is 1.12 bits per heavy atom. The first-order chi connectivity index (χ1) is 12.3. The summed E-state index contributed by atoms with van der Waals surface area (Å²) in [5, 5.41) is 4.05. The zero-order valence-electron chi connectivity index (χ0n) is 13.6. The lowest BCUT2D eigenvalue weighted by atomic mass is 10.2. The van der Waals surface area contributed by atoms with Crippen molar-refractivity contribution in [2.24, 2.45) is 0 Å². The number of aromatic nitrogens is 2. The van der Waals surface area contributed by atoms with Gasteiger partial charge in [-0.2, -0.15) is 4.98 Å². The molecule has 6 heteroatoms. The first-order valence-corrected chi connectivity index (χ1v) is 8.25. The van der Waals surface area contributed by atoms with Crippen molar-refractivity contribution in [1.29, 1.82) is 0 Å². The number of hydrogen-bond acceptors (Lipinski definition) is 5. The lowest BCUT2D eigenvalue weighted by Crippen LogP contribution is -2.37. The Balaban J connectivity index is 1.45. The second-order valence-corrected chi connectivity index (χ2v) is 6.05. The van der Waals surface area contributed by atoms with Gasteiger partial charge in [0, 0.05) is 25.2 Å². The van der Waals surface area contributed by atoms with Gasteiger partial charge in [-0.15, -0.1) is 0 Å². The number of morpholine rings is 1. The summed E-state index contributed by atoms with van der Waals surface area (Å²) in [6.45, 7) is 2.65. The Kier molecular flexibility index (Phi) is 4.54. The van der Waals surface area contributed by atoms with E-state index in [1.54, 1.807) is 12.1 Å². The van der Waals surface area contributed by atoms with Crippen molar-refractivity contribution in [3.05, 3.63) is 71.9 Å². The number of hydrogen-bond donors (Lipinski definition) is 0. The number of rotatable bonds is 4. The first-order valence-electron chi connectivity index (χ1n) is 8.25. The Labute approximate surface area is 145 Å². The number of benzene rings is 2. The molecule has 3 aromatic rings. The summed E-state index contributed by atoms with van der Waals surface area (Å²) < 4.78 is 24.5. The summed E-state index contributed by atoms with van der Waals surface area (Å²) >= 11 is 0. The maximum absolute atomic E-state index is 13.4. The largest absolute Gasteiger partial charge is 0.366 e. The topological polar surface area (TPSA) is 51.4 Å². The minimum atomic E-state index is -0.271. The molecule has 1 aliphatic heterocycles. The van der Waals surface area contributed by atoms with Gasteiger partial charge in [-0.25, -0.2) is 4.39 Å². The molecule has 1 fully saturated rings. The van der Waals surface area contributed by atoms with Crippen LogP contribution in [-0.2, 0) is 11.3 Å². The lowest BCUT2D eigenvalue weighted by molar-refractivity contribution is -0.0475. The van der Waals surface area contributed by atoms with Crippen molar-refractivity contribution in [3.63, 3.8) is 0 Å². The number of halogens is 1. The Bertz CT molecular complexity index is 837. The molecule has 4 rings (SSSR count). The zero-order valence-corrected chi connectivity index (χ0v) is 13.6. The molecule has 0 radical (unpaired) electrons. The van der Waals surface area contributed by atoms with Crippen LogP contribution in [0.2, 0.25) is 0 Å². The van der Waals surface area contributed by atoms with Crippen LogP contribution in [0.3, 0.4) is 0 Å². The molecule has 1 atom stereocenters. The number of nitrogens with zero attached hydrogens (tertiary/aromatic N) is 3. The van der Waals surface area contributed by atoms with Gasteiger partial charge in [-0.05, 0) is 17.7 Å². The van der Waals surface area contributed by atoms with Crippen LogP contribution in [0, 0.1) is 5.82 Å². The van der Waals surface area contributed by atoms with E-state index in [0.717, 1.165) is 17.7 Å². The van der Waals surface area contributed by atoms with Gasteiger partial charge in [-0.1, -0.05) is 47.6 Å². The van der Waals surface area contributed by atoms with Crippen LogP contribution in [-0.4, -0.2) is 34.7 Å². The average Bonchev–Trinajstić information content (AvgIpc) is 3.13. The fourth-order valence-corrected chi connectivity index (χ4v) is 2.96. The highest BCUT2D eigenvalue weighted by Crippen LogP contribution is 2.24. The highest BCUT2D eigenvalue weighted by atomic mass is 19.1. The first kappa shape index (κ1) is 15.9. The van der Waals surface area contributed by atoms with E-state index in [1.165, 1.54) is 6.07 Å². The zero-order chi connectivity index (χ0) is 17.1. The van der Waals surface area contributed by atoms with E-state index >= 15 is 0 Å². The third-order valence-corrected chi connectivity index (χ3v) is 4.19. The van der Waals surface area contributed by atoms with Crippen molar-refractivity contribution in [1.82, 2.24) is 15.0 Å². The molecule has 2 aromatic carbocycles. The van der Waals surface area contributed by atoms with Crippen LogP contribution in [0.1, 0.15) is 17.6 Å². The maximum Gasteiger partial charge on any atom is 0.257 e. The quantitative estimate of drug-likeness (QED) is 0.729. The third kappa shape index (κ3) is 3.75. The van der Waals surface area contributed by atoms with Gasteiger partial charge in [0.15, 0.2) is 0 Å². The third-order valence-electron chi connectivity index (χ3n) is 4.19. The van der Waals surface area contributed by atoms with Crippen molar-refractivity contribution < 1.29 is 13.7 Å². The molecule has 1 saturated heterocycles. The monoisotopic (exact) mass is 339 g/mol. The van der Waals surface area contributed by atoms with Crippen molar-refractivity contribution >= 4 is 0 Å². The summed E-state index contributed by atoms with van der Waals surface area (Å²) in [6.07, 6.45) is -0.271. The van der Waals surface area contributed by atoms with Crippen molar-refractivity contribution in [2.75, 3.05) is 19.7 Å². The Hall–Kier alpha value is -2.57. The molecular weight excluding hydrogens is 321 g/mol. The van der Waals surface area contributed by atoms with Gasteiger partial charge >= 0.3 is 0 Å². The van der Waals surface area contributed by atoms with E-state index in [1.807, 2.05) is 36.4 Å². The van der Waals surface area contributed by atoms with Gasteiger partial charge in [0.2, 0.25) is 5.82 Å². The van der Waals surface area contributed by atoms with Crippen LogP contribution in [0.25, 0.3) is 11.4 Å². The normalized spacial score (nSPS) is 18.4. The predicted molar refractivity (Wildman–Crippen MR) is 90.1 cm³/mol. The van der Waals surface area contributed by atoms with E-state index in [2.05, 4.69) is 15.0 Å². The van der Waals surface area contributed by atoms with Gasteiger partial charge in [0.1, 0.15) is 11.9 Å². The highest BCUT2D eigenvalue weighted by Gasteiger charge is 2.27. The second kappa shape index (κ2) is 7.13. The minimum Gasteiger partial charge on any atom is -0.366 e. The molecule has 2 heterocycles. The molecule has 0 aliphatic carbocycles. The molecule has 5 nitrogen and oxygen atoms in total. The Morgan fingerprint density at radius 2 is 2.00 bits per heavy atom. The number of ether oxygens (including phenoxy) is 1. The minimum absolute atomic E-state index is 0.216. The fraction of sp³-hybridized carbons (Fsp3) is 0.263. The van der Waals surface area contributed by atoms with Crippen molar-refractivity contribution in [3.8, 4) is 11.4 Å². The molecule has 0 unspecified atom stereocenters. The molecule has 128 valence electrons. The maximum atomic E-state index is 13.4. The van der Waals surface area contributed by atoms with Crippen LogP contribution >= 0.6 is 0 Å². The average molecular weight is 339 g/mol. The standard InChI is InChI=1S/C19H18FN3O2/c20-16-8-4-5-14(11-16)12-23-9-10-24-17(13-23)19-21-18(22-25-19)15-6-2-1-3-7-15/h1-8,11,17H,9-10,12-13H2/t17-/m0/s1. The molecule has 0 N–H and O–H groups in total. The van der Waals surface area contributed by atoms with E-state index in [9.17, 15) is 4.39 Å². The fourth-order valence-electron chi connectivity index (χ4n) is 2.96. The summed E-state index contributed by atoms with van der Waals surface area (Å²) in [5.74, 6) is 0.816. The van der Waals surface area contributed by atoms with Crippen molar-refractivity contribution in [2.45, 2.75) is 12.6 Å². The summed E-state index contributed by atoms with van der Waals surface area (Å²) in [6, 6.07) is 16.4. The summed E-state index contributed by atoms with van der Waals surface area (Å²) in [5.41, 5.74) is 1.85. The molecule has 0 spiro atoms. The molecule has 0 saturated carbocycles.